The summed E-state index contributed by atoms with van der Waals surface area (Å²) in [4.78, 5) is 2.66. The second kappa shape index (κ2) is 5.94. The van der Waals surface area contributed by atoms with Gasteiger partial charge in [0, 0.05) is 6.54 Å². The first-order valence-corrected chi connectivity index (χ1v) is 5.81. The predicted octanol–water partition coefficient (Wildman–Crippen LogP) is 1.88. The summed E-state index contributed by atoms with van der Waals surface area (Å²) in [5.41, 5.74) is 5.57. The average molecular weight is 219 g/mol. The van der Waals surface area contributed by atoms with Crippen LogP contribution in [0.25, 0.3) is 0 Å². The van der Waals surface area contributed by atoms with Crippen molar-refractivity contribution in [3.8, 4) is 0 Å². The van der Waals surface area contributed by atoms with Gasteiger partial charge in [-0.15, -0.1) is 12.4 Å². The zero-order chi connectivity index (χ0) is 9.10. The minimum atomic E-state index is 0. The summed E-state index contributed by atoms with van der Waals surface area (Å²) in [5, 5.41) is 0. The van der Waals surface area contributed by atoms with Gasteiger partial charge in [-0.1, -0.05) is 0 Å². The molecule has 0 aromatic carbocycles. The number of likely N-dealkylation sites (tertiary alicyclic amines) is 1. The Bertz CT molecular complexity index is 151. The minimum Gasteiger partial charge on any atom is -0.330 e. The molecule has 0 aromatic rings. The van der Waals surface area contributed by atoms with Crippen LogP contribution >= 0.6 is 12.4 Å². The molecule has 0 spiro atoms. The molecule has 0 aromatic heterocycles. The molecule has 2 nitrogen and oxygen atoms in total. The maximum Gasteiger partial charge on any atom is 0.000966 e. The van der Waals surface area contributed by atoms with E-state index in [-0.39, 0.29) is 12.4 Å². The van der Waals surface area contributed by atoms with Gasteiger partial charge in [-0.3, -0.25) is 0 Å². The molecule has 84 valence electrons. The predicted molar refractivity (Wildman–Crippen MR) is 62.8 cm³/mol. The van der Waals surface area contributed by atoms with E-state index in [2.05, 4.69) is 4.90 Å². The summed E-state index contributed by atoms with van der Waals surface area (Å²) in [6.07, 6.45) is 7.01. The maximum atomic E-state index is 5.57. The second-order valence-electron chi connectivity index (χ2n) is 4.76. The number of piperidine rings is 1. The highest BCUT2D eigenvalue weighted by Gasteiger charge is 2.26. The van der Waals surface area contributed by atoms with E-state index in [4.69, 9.17) is 5.73 Å². The van der Waals surface area contributed by atoms with Crippen LogP contribution in [-0.4, -0.2) is 31.1 Å². The van der Waals surface area contributed by atoms with Crippen molar-refractivity contribution in [1.82, 2.24) is 4.90 Å². The molecule has 2 aliphatic rings. The van der Waals surface area contributed by atoms with Crippen molar-refractivity contribution in [2.45, 2.75) is 32.1 Å². The molecule has 1 aliphatic heterocycles. The van der Waals surface area contributed by atoms with Gasteiger partial charge in [0.05, 0.1) is 0 Å². The number of nitrogens with two attached hydrogens (primary N) is 1. The lowest BCUT2D eigenvalue weighted by Gasteiger charge is -2.31. The summed E-state index contributed by atoms with van der Waals surface area (Å²) in [6, 6.07) is 0. The van der Waals surface area contributed by atoms with Crippen molar-refractivity contribution >= 4 is 12.4 Å². The maximum absolute atomic E-state index is 5.57. The van der Waals surface area contributed by atoms with E-state index in [1.807, 2.05) is 0 Å². The summed E-state index contributed by atoms with van der Waals surface area (Å²) in [6.45, 7) is 4.94. The number of nitrogens with zero attached hydrogens (tertiary/aromatic N) is 1. The molecular weight excluding hydrogens is 196 g/mol. The Labute approximate surface area is 93.6 Å². The van der Waals surface area contributed by atoms with E-state index in [9.17, 15) is 0 Å². The number of hydrogen-bond donors (Lipinski definition) is 1. The van der Waals surface area contributed by atoms with Crippen LogP contribution in [0, 0.1) is 11.8 Å². The second-order valence-corrected chi connectivity index (χ2v) is 4.76. The Morgan fingerprint density at radius 2 is 1.64 bits per heavy atom. The summed E-state index contributed by atoms with van der Waals surface area (Å²) in [7, 11) is 0. The molecule has 0 radical (unpaired) electrons. The van der Waals surface area contributed by atoms with E-state index in [1.54, 1.807) is 0 Å². The highest BCUT2D eigenvalue weighted by atomic mass is 35.5. The van der Waals surface area contributed by atoms with Gasteiger partial charge in [0.25, 0.3) is 0 Å². The molecule has 1 saturated heterocycles. The lowest BCUT2D eigenvalue weighted by Crippen LogP contribution is -2.35. The molecule has 1 saturated carbocycles. The lowest BCUT2D eigenvalue weighted by molar-refractivity contribution is 0.174. The minimum absolute atomic E-state index is 0. The highest BCUT2D eigenvalue weighted by molar-refractivity contribution is 5.85. The Hall–Kier alpha value is 0.210. The molecule has 3 heteroatoms. The number of rotatable bonds is 4. The molecule has 2 rings (SSSR count). The summed E-state index contributed by atoms with van der Waals surface area (Å²) in [5.74, 6) is 1.99. The third-order valence-electron chi connectivity index (χ3n) is 3.50. The third kappa shape index (κ3) is 3.76. The third-order valence-corrected chi connectivity index (χ3v) is 3.50. The molecule has 1 aliphatic carbocycles. The van der Waals surface area contributed by atoms with Gasteiger partial charge in [0.2, 0.25) is 0 Å². The molecular formula is C11H23ClN2. The fourth-order valence-electron chi connectivity index (χ4n) is 2.36. The van der Waals surface area contributed by atoms with Crippen LogP contribution in [0.4, 0.5) is 0 Å². The highest BCUT2D eigenvalue weighted by Crippen LogP contribution is 2.31. The van der Waals surface area contributed by atoms with Crippen molar-refractivity contribution in [2.75, 3.05) is 26.2 Å². The van der Waals surface area contributed by atoms with Crippen LogP contribution in [0.3, 0.4) is 0 Å². The van der Waals surface area contributed by atoms with E-state index < -0.39 is 0 Å². The van der Waals surface area contributed by atoms with Gasteiger partial charge in [-0.2, -0.15) is 0 Å². The van der Waals surface area contributed by atoms with Crippen molar-refractivity contribution in [3.05, 3.63) is 0 Å². The number of hydrogen-bond acceptors (Lipinski definition) is 2. The molecule has 14 heavy (non-hydrogen) atoms. The standard InChI is InChI=1S/C11H22N2.ClH/c12-6-3-10-4-7-13(8-5-10)9-11-1-2-11;/h10-11H,1-9,12H2;1H. The Balaban J connectivity index is 0.000000980. The molecule has 0 amide bonds. The monoisotopic (exact) mass is 218 g/mol. The Kier molecular flexibility index (Phi) is 5.21. The van der Waals surface area contributed by atoms with Gasteiger partial charge in [-0.25, -0.2) is 0 Å². The zero-order valence-electron chi connectivity index (χ0n) is 8.95. The van der Waals surface area contributed by atoms with Gasteiger partial charge in [0.1, 0.15) is 0 Å². The topological polar surface area (TPSA) is 29.3 Å². The molecule has 1 heterocycles. The molecule has 0 atom stereocenters. The van der Waals surface area contributed by atoms with E-state index >= 15 is 0 Å². The zero-order valence-corrected chi connectivity index (χ0v) is 9.77. The quantitative estimate of drug-likeness (QED) is 0.781. The van der Waals surface area contributed by atoms with Crippen LogP contribution in [0.2, 0.25) is 0 Å². The number of halogens is 1. The average Bonchev–Trinajstić information content (AvgIpc) is 2.93. The first-order valence-electron chi connectivity index (χ1n) is 5.81. The van der Waals surface area contributed by atoms with E-state index in [0.717, 1.165) is 18.4 Å². The Morgan fingerprint density at radius 1 is 1.00 bits per heavy atom. The van der Waals surface area contributed by atoms with Crippen LogP contribution in [0.15, 0.2) is 0 Å². The Morgan fingerprint density at radius 3 is 2.14 bits per heavy atom. The van der Waals surface area contributed by atoms with Crippen molar-refractivity contribution < 1.29 is 0 Å². The first-order chi connectivity index (χ1) is 6.38. The van der Waals surface area contributed by atoms with Crippen molar-refractivity contribution in [2.24, 2.45) is 17.6 Å². The fraction of sp³-hybridized carbons (Fsp3) is 1.00. The van der Waals surface area contributed by atoms with Gasteiger partial charge in [0.15, 0.2) is 0 Å². The normalized spacial score (nSPS) is 24.6. The first kappa shape index (κ1) is 12.3. The smallest absolute Gasteiger partial charge is 0.000966 e. The SMILES string of the molecule is Cl.NCCC1CCN(CC2CC2)CC1. The van der Waals surface area contributed by atoms with Gasteiger partial charge in [-0.05, 0) is 63.6 Å². The lowest BCUT2D eigenvalue weighted by atomic mass is 9.93. The van der Waals surface area contributed by atoms with Crippen molar-refractivity contribution in [3.63, 3.8) is 0 Å². The van der Waals surface area contributed by atoms with Crippen LogP contribution in [0.1, 0.15) is 32.1 Å². The van der Waals surface area contributed by atoms with Crippen LogP contribution in [0.5, 0.6) is 0 Å². The summed E-state index contributed by atoms with van der Waals surface area (Å²) < 4.78 is 0. The molecule has 0 unspecified atom stereocenters. The van der Waals surface area contributed by atoms with Crippen molar-refractivity contribution in [1.29, 1.82) is 0 Å². The van der Waals surface area contributed by atoms with Crippen LogP contribution < -0.4 is 5.73 Å². The van der Waals surface area contributed by atoms with E-state index in [1.165, 1.54) is 51.7 Å². The van der Waals surface area contributed by atoms with E-state index in [0.29, 0.717) is 0 Å². The molecule has 2 N–H and O–H groups in total. The van der Waals surface area contributed by atoms with Crippen LogP contribution in [-0.2, 0) is 0 Å². The molecule has 2 fully saturated rings. The fourth-order valence-corrected chi connectivity index (χ4v) is 2.36. The molecule has 0 bridgehead atoms. The van der Waals surface area contributed by atoms with Gasteiger partial charge < -0.3 is 10.6 Å². The largest absolute Gasteiger partial charge is 0.330 e. The summed E-state index contributed by atoms with van der Waals surface area (Å²) >= 11 is 0. The van der Waals surface area contributed by atoms with Gasteiger partial charge >= 0.3 is 0 Å².